The fourth-order valence-electron chi connectivity index (χ4n) is 1.84. The van der Waals surface area contributed by atoms with E-state index in [2.05, 4.69) is 10.6 Å². The van der Waals surface area contributed by atoms with Crippen LogP contribution in [-0.2, 0) is 6.42 Å². The Morgan fingerprint density at radius 2 is 2.14 bits per heavy atom. The lowest BCUT2D eigenvalue weighted by Gasteiger charge is -2.10. The van der Waals surface area contributed by atoms with E-state index in [9.17, 15) is 20.0 Å². The highest BCUT2D eigenvalue weighted by molar-refractivity contribution is 5.89. The Kier molecular flexibility index (Phi) is 6.61. The second-order valence-electron chi connectivity index (χ2n) is 4.69. The number of nitro benzene ring substituents is 1. The Morgan fingerprint density at radius 3 is 2.71 bits per heavy atom. The number of nitro groups is 1. The molecule has 7 nitrogen and oxygen atoms in total. The quantitative estimate of drug-likeness (QED) is 0.530. The summed E-state index contributed by atoms with van der Waals surface area (Å²) in [6.45, 7) is 4.04. The first-order chi connectivity index (χ1) is 9.97. The molecule has 3 N–H and O–H groups in total. The molecule has 1 unspecified atom stereocenters. The topological polar surface area (TPSA) is 104 Å². The van der Waals surface area contributed by atoms with Crippen LogP contribution < -0.4 is 10.6 Å². The first kappa shape index (κ1) is 16.9. The molecule has 0 radical (unpaired) electrons. The lowest BCUT2D eigenvalue weighted by molar-refractivity contribution is -0.385. The molecule has 2 amide bonds. The molecule has 0 aliphatic heterocycles. The van der Waals surface area contributed by atoms with Crippen molar-refractivity contribution in [2.75, 3.05) is 11.9 Å². The van der Waals surface area contributed by atoms with E-state index in [1.807, 2.05) is 13.8 Å². The Bertz CT molecular complexity index is 505. The summed E-state index contributed by atoms with van der Waals surface area (Å²) in [6.07, 6.45) is 1.22. The highest BCUT2D eigenvalue weighted by Crippen LogP contribution is 2.23. The van der Waals surface area contributed by atoms with E-state index in [0.29, 0.717) is 37.1 Å². The number of carbonyl (C=O) groups excluding carboxylic acids is 1. The van der Waals surface area contributed by atoms with Crippen LogP contribution in [0.4, 0.5) is 16.2 Å². The number of aryl methyl sites for hydroxylation is 1. The molecule has 7 heteroatoms. The Morgan fingerprint density at radius 1 is 1.43 bits per heavy atom. The lowest BCUT2D eigenvalue weighted by Crippen LogP contribution is -2.31. The third-order valence-corrected chi connectivity index (χ3v) is 3.16. The largest absolute Gasteiger partial charge is 0.393 e. The predicted octanol–water partition coefficient (Wildman–Crippen LogP) is 2.44. The number of hydrogen-bond acceptors (Lipinski definition) is 4. The van der Waals surface area contributed by atoms with Gasteiger partial charge < -0.3 is 15.7 Å². The standard InChI is InChI=1S/C14H21N3O4/c1-3-10-5-6-11(9-13(10)17(20)21)16-14(19)15-8-7-12(18)4-2/h5-6,9,12,18H,3-4,7-8H2,1-2H3,(H2,15,16,19). The van der Waals surface area contributed by atoms with Gasteiger partial charge in [-0.15, -0.1) is 0 Å². The minimum Gasteiger partial charge on any atom is -0.393 e. The average molecular weight is 295 g/mol. The van der Waals surface area contributed by atoms with Crippen LogP contribution in [0.3, 0.4) is 0 Å². The summed E-state index contributed by atoms with van der Waals surface area (Å²) in [5.41, 5.74) is 0.987. The van der Waals surface area contributed by atoms with E-state index in [1.165, 1.54) is 6.07 Å². The Balaban J connectivity index is 2.60. The third-order valence-electron chi connectivity index (χ3n) is 3.16. The van der Waals surface area contributed by atoms with E-state index >= 15 is 0 Å². The summed E-state index contributed by atoms with van der Waals surface area (Å²) < 4.78 is 0. The van der Waals surface area contributed by atoms with E-state index < -0.39 is 17.1 Å². The van der Waals surface area contributed by atoms with Crippen LogP contribution in [-0.4, -0.2) is 28.7 Å². The summed E-state index contributed by atoms with van der Waals surface area (Å²) in [7, 11) is 0. The van der Waals surface area contributed by atoms with E-state index in [0.717, 1.165) is 0 Å². The van der Waals surface area contributed by atoms with Crippen LogP contribution in [0.5, 0.6) is 0 Å². The number of aliphatic hydroxyl groups excluding tert-OH is 1. The maximum Gasteiger partial charge on any atom is 0.319 e. The van der Waals surface area contributed by atoms with Gasteiger partial charge in [-0.3, -0.25) is 10.1 Å². The molecule has 0 fully saturated rings. The molecule has 0 aliphatic rings. The summed E-state index contributed by atoms with van der Waals surface area (Å²) in [6, 6.07) is 4.16. The minimum absolute atomic E-state index is 0.00305. The average Bonchev–Trinajstić information content (AvgIpc) is 2.46. The Labute approximate surface area is 123 Å². The lowest BCUT2D eigenvalue weighted by atomic mass is 10.1. The van der Waals surface area contributed by atoms with Gasteiger partial charge in [-0.1, -0.05) is 19.9 Å². The maximum absolute atomic E-state index is 11.6. The highest BCUT2D eigenvalue weighted by atomic mass is 16.6. The van der Waals surface area contributed by atoms with Crippen molar-refractivity contribution in [3.63, 3.8) is 0 Å². The number of aliphatic hydroxyl groups is 1. The van der Waals surface area contributed by atoms with Gasteiger partial charge in [0.2, 0.25) is 0 Å². The van der Waals surface area contributed by atoms with Gasteiger partial charge in [0.15, 0.2) is 0 Å². The van der Waals surface area contributed by atoms with Crippen molar-refractivity contribution < 1.29 is 14.8 Å². The molecule has 0 bridgehead atoms. The molecule has 0 saturated heterocycles. The van der Waals surface area contributed by atoms with Gasteiger partial charge in [-0.05, 0) is 25.3 Å². The number of anilines is 1. The summed E-state index contributed by atoms with van der Waals surface area (Å²) in [5.74, 6) is 0. The van der Waals surface area contributed by atoms with E-state index in [-0.39, 0.29) is 5.69 Å². The van der Waals surface area contributed by atoms with Crippen molar-refractivity contribution >= 4 is 17.4 Å². The highest BCUT2D eigenvalue weighted by Gasteiger charge is 2.14. The molecular weight excluding hydrogens is 274 g/mol. The van der Waals surface area contributed by atoms with Crippen LogP contribution in [0.1, 0.15) is 32.3 Å². The monoisotopic (exact) mass is 295 g/mol. The van der Waals surface area contributed by atoms with Gasteiger partial charge in [0.1, 0.15) is 0 Å². The van der Waals surface area contributed by atoms with Crippen LogP contribution in [0.2, 0.25) is 0 Å². The van der Waals surface area contributed by atoms with Crippen molar-refractivity contribution in [3.05, 3.63) is 33.9 Å². The van der Waals surface area contributed by atoms with Gasteiger partial charge >= 0.3 is 6.03 Å². The molecule has 21 heavy (non-hydrogen) atoms. The van der Waals surface area contributed by atoms with Gasteiger partial charge in [-0.2, -0.15) is 0 Å². The van der Waals surface area contributed by atoms with Crippen molar-refractivity contribution in [2.45, 2.75) is 39.2 Å². The number of benzene rings is 1. The van der Waals surface area contributed by atoms with Gasteiger partial charge in [0.05, 0.1) is 11.0 Å². The molecule has 0 aromatic heterocycles. The number of amides is 2. The molecule has 116 valence electrons. The SMILES string of the molecule is CCc1ccc(NC(=O)NCCC(O)CC)cc1[N+](=O)[O-]. The molecule has 0 aliphatic carbocycles. The second-order valence-corrected chi connectivity index (χ2v) is 4.69. The number of nitrogens with zero attached hydrogens (tertiary/aromatic N) is 1. The maximum atomic E-state index is 11.6. The number of hydrogen-bond donors (Lipinski definition) is 3. The molecule has 1 rings (SSSR count). The summed E-state index contributed by atoms with van der Waals surface area (Å²) in [4.78, 5) is 22.1. The normalized spacial score (nSPS) is 11.8. The number of nitrogens with one attached hydrogen (secondary N) is 2. The Hall–Kier alpha value is -2.15. The van der Waals surface area contributed by atoms with E-state index in [1.54, 1.807) is 12.1 Å². The number of rotatable bonds is 7. The molecule has 0 heterocycles. The van der Waals surface area contributed by atoms with Crippen LogP contribution in [0, 0.1) is 10.1 Å². The van der Waals surface area contributed by atoms with Crippen LogP contribution in [0.25, 0.3) is 0 Å². The molecule has 0 spiro atoms. The molecule has 1 aromatic rings. The smallest absolute Gasteiger partial charge is 0.319 e. The van der Waals surface area contributed by atoms with Crippen molar-refractivity contribution in [1.29, 1.82) is 0 Å². The molecule has 1 atom stereocenters. The first-order valence-electron chi connectivity index (χ1n) is 6.98. The number of carbonyl (C=O) groups is 1. The zero-order valence-corrected chi connectivity index (χ0v) is 12.3. The summed E-state index contributed by atoms with van der Waals surface area (Å²) >= 11 is 0. The van der Waals surface area contributed by atoms with Crippen molar-refractivity contribution in [2.24, 2.45) is 0 Å². The molecule has 1 aromatic carbocycles. The van der Waals surface area contributed by atoms with Gasteiger partial charge in [-0.25, -0.2) is 4.79 Å². The zero-order chi connectivity index (χ0) is 15.8. The predicted molar refractivity (Wildman–Crippen MR) is 80.4 cm³/mol. The first-order valence-corrected chi connectivity index (χ1v) is 6.98. The summed E-state index contributed by atoms with van der Waals surface area (Å²) in [5, 5.41) is 25.5. The van der Waals surface area contributed by atoms with Crippen LogP contribution in [0.15, 0.2) is 18.2 Å². The fraction of sp³-hybridized carbons (Fsp3) is 0.500. The minimum atomic E-state index is -0.459. The van der Waals surface area contributed by atoms with Gasteiger partial charge in [0.25, 0.3) is 5.69 Å². The van der Waals surface area contributed by atoms with Gasteiger partial charge in [0, 0.05) is 23.9 Å². The van der Waals surface area contributed by atoms with Crippen molar-refractivity contribution in [1.82, 2.24) is 5.32 Å². The third kappa shape index (κ3) is 5.39. The molecule has 0 saturated carbocycles. The van der Waals surface area contributed by atoms with Crippen LogP contribution >= 0.6 is 0 Å². The van der Waals surface area contributed by atoms with Crippen molar-refractivity contribution in [3.8, 4) is 0 Å². The second kappa shape index (κ2) is 8.21. The fourth-order valence-corrected chi connectivity index (χ4v) is 1.84. The number of urea groups is 1. The zero-order valence-electron chi connectivity index (χ0n) is 12.3. The molecular formula is C14H21N3O4. The van der Waals surface area contributed by atoms with E-state index in [4.69, 9.17) is 0 Å².